The zero-order chi connectivity index (χ0) is 84.2. The maximum absolute atomic E-state index is 11.4. The molecule has 4 fully saturated rings. The fourth-order valence-corrected chi connectivity index (χ4v) is 18.5. The molecule has 0 spiro atoms. The van der Waals surface area contributed by atoms with Crippen LogP contribution in [0, 0.1) is 23.7 Å². The Morgan fingerprint density at radius 1 is 0.421 bits per heavy atom. The molecule has 16 N–H and O–H groups in total. The monoisotopic (exact) mass is 1720 g/mol. The van der Waals surface area contributed by atoms with Gasteiger partial charge in [0, 0.05) is 49.7 Å². The van der Waals surface area contributed by atoms with Gasteiger partial charge in [-0.05, 0) is 188 Å². The molecule has 0 radical (unpaired) electrons. The molecule has 16 aromatic rings. The minimum Gasteiger partial charge on any atom is -0.492 e. The van der Waals surface area contributed by atoms with Crippen molar-refractivity contribution in [2.75, 3.05) is 29.5 Å². The number of carbonyl (C=O) groups is 4. The Kier molecular flexibility index (Phi) is 22.2. The number of halogens is 2. The Morgan fingerprint density at radius 2 is 0.702 bits per heavy atom. The van der Waals surface area contributed by atoms with Gasteiger partial charge >= 0.3 is 23.9 Å². The third kappa shape index (κ3) is 15.6. The minimum atomic E-state index is -0.723. The second-order valence-corrected chi connectivity index (χ2v) is 32.9. The average molecular weight is 1720 g/mol. The number of nitrogens with two attached hydrogens (primary N) is 4. The summed E-state index contributed by atoms with van der Waals surface area (Å²) in [4.78, 5) is 95.3. The largest absolute Gasteiger partial charge is 0.492 e. The van der Waals surface area contributed by atoms with E-state index in [0.717, 1.165) is 157 Å². The third-order valence-electron chi connectivity index (χ3n) is 23.8. The molecule has 0 amide bonds. The number of fused-ring (bicyclic) bond motifs is 8. The highest BCUT2D eigenvalue weighted by Crippen LogP contribution is 2.46. The molecule has 4 aromatic carbocycles. The van der Waals surface area contributed by atoms with Crippen molar-refractivity contribution >= 4 is 140 Å². The van der Waals surface area contributed by atoms with Crippen LogP contribution in [0.5, 0.6) is 11.5 Å². The van der Waals surface area contributed by atoms with Crippen molar-refractivity contribution < 1.29 is 49.1 Å². The molecule has 4 aliphatic rings. The summed E-state index contributed by atoms with van der Waals surface area (Å²) < 4.78 is 19.7. The standard InChI is InChI=1S/C23H26N6O3.C22H24N6O3.C20H19BrN6O2.C20H19ClN6O2/c1-12(2)32-17-5-3-4-15-10-16(27-18(15)17)19-20-21(24)25-11-26-29(20)22(28-19)13-6-8-14(9-7-13)23(30)31;1-2-31-16-5-3-4-14-10-15(26-17(14)16)18-19-20(23)24-11-25-28(19)21(27-18)12-6-8-13(9-7-12)22(29)30;2*21-13-3-1-2-12-8-14(25-15(12)13)16-17-18(22)23-9-24-27(17)19(26-16)10-4-6-11(7-5-10)20(28)29/h3-5,10-14,27H,6-9H2,1-2H3,(H,30,31)(H2,24,25,26);3-5,10-13,26H,2,6-9H2,1H3,(H,29,30)(H2,23,24,25);2*1-3,8-11,25H,4-7H2,(H,28,29)(H2,22,23,24). The lowest BCUT2D eigenvalue weighted by Gasteiger charge is -2.24. The van der Waals surface area contributed by atoms with Gasteiger partial charge in [0.1, 0.15) is 105 Å². The van der Waals surface area contributed by atoms with E-state index in [0.29, 0.717) is 131 Å². The molecular weight excluding hydrogens is 1630 g/mol. The van der Waals surface area contributed by atoms with Crippen LogP contribution >= 0.6 is 27.5 Å². The highest BCUT2D eigenvalue weighted by atomic mass is 79.9. The number of nitrogen functional groups attached to an aromatic ring is 4. The molecule has 0 aliphatic heterocycles. The van der Waals surface area contributed by atoms with Crippen molar-refractivity contribution in [1.29, 1.82) is 0 Å². The van der Waals surface area contributed by atoms with Gasteiger partial charge in [0.05, 0.1) is 86.2 Å². The molecule has 0 atom stereocenters. The lowest BCUT2D eigenvalue weighted by molar-refractivity contribution is -0.143. The number of nitrogens with zero attached hydrogens (tertiary/aromatic N) is 16. The molecule has 4 aliphatic carbocycles. The van der Waals surface area contributed by atoms with Crippen LogP contribution in [0.2, 0.25) is 5.02 Å². The van der Waals surface area contributed by atoms with Crippen LogP contribution in [-0.2, 0) is 19.2 Å². The number of hydrogen-bond donors (Lipinski definition) is 12. The molecular formula is C85H88BrClN24O10. The Bertz CT molecular complexity index is 6430. The number of hydrogen-bond acceptors (Lipinski definition) is 22. The molecule has 34 nitrogen and oxygen atoms in total. The number of aromatic amines is 4. The van der Waals surface area contributed by atoms with Crippen molar-refractivity contribution in [3.8, 4) is 57.1 Å². The van der Waals surface area contributed by atoms with Crippen LogP contribution in [0.4, 0.5) is 23.3 Å². The zero-order valence-electron chi connectivity index (χ0n) is 66.2. The second-order valence-electron chi connectivity index (χ2n) is 31.6. The van der Waals surface area contributed by atoms with Gasteiger partial charge < -0.3 is 72.8 Å². The topological polar surface area (TPSA) is 507 Å². The summed E-state index contributed by atoms with van der Waals surface area (Å²) >= 11 is 9.90. The van der Waals surface area contributed by atoms with Crippen molar-refractivity contribution in [2.24, 2.45) is 23.7 Å². The Balaban J connectivity index is 0.000000115. The van der Waals surface area contributed by atoms with Crippen molar-refractivity contribution in [3.05, 3.63) is 155 Å². The molecule has 36 heteroatoms. The molecule has 12 aromatic heterocycles. The fourth-order valence-electron chi connectivity index (χ4n) is 17.7. The minimum absolute atomic E-state index is 0.0531. The van der Waals surface area contributed by atoms with Crippen LogP contribution < -0.4 is 32.4 Å². The fraction of sp³-hybridized carbons (Fsp3) is 0.341. The summed E-state index contributed by atoms with van der Waals surface area (Å²) in [6.07, 6.45) is 16.9. The van der Waals surface area contributed by atoms with Crippen molar-refractivity contribution in [3.63, 3.8) is 0 Å². The number of aliphatic carboxylic acids is 4. The molecule has 0 unspecified atom stereocenters. The normalized spacial score (nSPS) is 19.4. The smallest absolute Gasteiger partial charge is 0.306 e. The summed E-state index contributed by atoms with van der Waals surface area (Å²) in [5, 5.41) is 59.6. The van der Waals surface area contributed by atoms with Gasteiger partial charge in [-0.15, -0.1) is 0 Å². The van der Waals surface area contributed by atoms with Crippen molar-refractivity contribution in [2.45, 2.75) is 153 Å². The van der Waals surface area contributed by atoms with Gasteiger partial charge in [-0.3, -0.25) is 19.2 Å². The number of ether oxygens (including phenoxy) is 2. The van der Waals surface area contributed by atoms with Crippen LogP contribution in [0.1, 0.15) is 170 Å². The van der Waals surface area contributed by atoms with E-state index < -0.39 is 23.9 Å². The first-order chi connectivity index (χ1) is 58.5. The Hall–Kier alpha value is -13.3. The number of H-pyrrole nitrogens is 4. The van der Waals surface area contributed by atoms with Crippen LogP contribution in [0.3, 0.4) is 0 Å². The summed E-state index contributed by atoms with van der Waals surface area (Å²) in [6.45, 7) is 6.52. The van der Waals surface area contributed by atoms with Gasteiger partial charge in [-0.2, -0.15) is 20.4 Å². The van der Waals surface area contributed by atoms with E-state index in [2.05, 4.69) is 76.2 Å². The first kappa shape index (κ1) is 80.1. The highest BCUT2D eigenvalue weighted by molar-refractivity contribution is 9.10. The summed E-state index contributed by atoms with van der Waals surface area (Å²) in [6, 6.07) is 31.6. The van der Waals surface area contributed by atoms with E-state index in [1.165, 1.54) is 25.3 Å². The molecule has 20 rings (SSSR count). The molecule has 4 saturated carbocycles. The van der Waals surface area contributed by atoms with E-state index >= 15 is 0 Å². The number of carboxylic acids is 4. The maximum atomic E-state index is 11.4. The van der Waals surface area contributed by atoms with Crippen LogP contribution in [0.15, 0.2) is 127 Å². The van der Waals surface area contributed by atoms with E-state index in [4.69, 9.17) is 63.9 Å². The molecule has 0 saturated heterocycles. The highest BCUT2D eigenvalue weighted by Gasteiger charge is 2.37. The quantitative estimate of drug-likeness (QED) is 0.0427. The average Bonchev–Trinajstić information content (AvgIpc) is 1.61. The number of anilines is 4. The second kappa shape index (κ2) is 33.5. The van der Waals surface area contributed by atoms with Gasteiger partial charge in [-0.1, -0.05) is 60.1 Å². The van der Waals surface area contributed by atoms with Crippen molar-refractivity contribution in [1.82, 2.24) is 98.3 Å². The number of imidazole rings is 4. The lowest BCUT2D eigenvalue weighted by Crippen LogP contribution is -2.21. The third-order valence-corrected chi connectivity index (χ3v) is 24.8. The van der Waals surface area contributed by atoms with Gasteiger partial charge in [0.15, 0.2) is 23.3 Å². The van der Waals surface area contributed by atoms with Gasteiger partial charge in [0.25, 0.3) is 0 Å². The molecule has 12 heterocycles. The molecule has 121 heavy (non-hydrogen) atoms. The summed E-state index contributed by atoms with van der Waals surface area (Å²) in [5.41, 5.74) is 37.2. The van der Waals surface area contributed by atoms with E-state index in [1.807, 2.05) is 118 Å². The van der Waals surface area contributed by atoms with E-state index in [1.54, 1.807) is 18.1 Å². The number of para-hydroxylation sites is 4. The maximum Gasteiger partial charge on any atom is 0.306 e. The Labute approximate surface area is 702 Å². The zero-order valence-corrected chi connectivity index (χ0v) is 68.6. The SMILES string of the molecule is CC(C)Oc1cccc2cc(-c3nc(C4CCC(C(=O)O)CC4)n4ncnc(N)c34)[nH]c12.CCOc1cccc2cc(-c3nc(C4CCC(C(=O)O)CC4)n4ncnc(N)c34)[nH]c12.Nc1ncnn2c(C3CCC(C(=O)O)CC3)nc(-c3cc4cccc(Br)c4[nH]3)c12.Nc1ncnn2c(C3CCC(C(=O)O)CC3)nc(-c3cc4cccc(Cl)c4[nH]3)c12. The van der Waals surface area contributed by atoms with E-state index in [-0.39, 0.29) is 53.4 Å². The van der Waals surface area contributed by atoms with Gasteiger partial charge in [-0.25, -0.2) is 57.9 Å². The number of benzene rings is 4. The first-order valence-corrected chi connectivity index (χ1v) is 41.7. The van der Waals surface area contributed by atoms with E-state index in [9.17, 15) is 39.6 Å². The first-order valence-electron chi connectivity index (χ1n) is 40.5. The van der Waals surface area contributed by atoms with Crippen LogP contribution in [-0.4, -0.2) is 155 Å². The Morgan fingerprint density at radius 3 is 1.01 bits per heavy atom. The lowest BCUT2D eigenvalue weighted by atomic mass is 9.82. The number of rotatable bonds is 16. The number of aromatic nitrogens is 20. The van der Waals surface area contributed by atoms with Crippen LogP contribution in [0.25, 0.3) is 111 Å². The number of carboxylic acid groups (broad SMARTS) is 4. The number of nitrogens with one attached hydrogen (secondary N) is 4. The van der Waals surface area contributed by atoms with Gasteiger partial charge in [0.2, 0.25) is 0 Å². The predicted molar refractivity (Wildman–Crippen MR) is 459 cm³/mol. The summed E-state index contributed by atoms with van der Waals surface area (Å²) in [5.74, 6) is 2.66. The predicted octanol–water partition coefficient (Wildman–Crippen LogP) is 15.5. The molecule has 622 valence electrons. The summed E-state index contributed by atoms with van der Waals surface area (Å²) in [7, 11) is 0. The molecule has 0 bridgehead atoms.